The molecule has 3 aromatic carbocycles. The molecule has 5 heteroatoms. The van der Waals surface area contributed by atoms with Crippen LogP contribution in [0.3, 0.4) is 0 Å². The Labute approximate surface area is 195 Å². The third-order valence-corrected chi connectivity index (χ3v) is 5.86. The van der Waals surface area contributed by atoms with Crippen molar-refractivity contribution in [1.29, 1.82) is 0 Å². The molecule has 0 fully saturated rings. The Bertz CT molecular complexity index is 1260. The van der Waals surface area contributed by atoms with Crippen LogP contribution < -0.4 is 10.1 Å². The van der Waals surface area contributed by atoms with Crippen molar-refractivity contribution in [3.05, 3.63) is 94.8 Å². The van der Waals surface area contributed by atoms with Gasteiger partial charge in [-0.15, -0.1) is 0 Å². The Morgan fingerprint density at radius 1 is 1.00 bits per heavy atom. The van der Waals surface area contributed by atoms with Crippen LogP contribution in [0.2, 0.25) is 0 Å². The number of carbonyl (C=O) groups excluding carboxylic acids is 1. The second-order valence-corrected chi connectivity index (χ2v) is 8.64. The van der Waals surface area contributed by atoms with Crippen LogP contribution in [-0.2, 0) is 6.54 Å². The molecule has 0 aliphatic heterocycles. The van der Waals surface area contributed by atoms with Crippen LogP contribution in [0.5, 0.6) is 5.75 Å². The van der Waals surface area contributed by atoms with Crippen molar-refractivity contribution in [3.63, 3.8) is 0 Å². The first-order chi connectivity index (χ1) is 15.9. The summed E-state index contributed by atoms with van der Waals surface area (Å²) in [4.78, 5) is 17.8. The van der Waals surface area contributed by atoms with Crippen LogP contribution in [0.1, 0.15) is 52.3 Å². The Morgan fingerprint density at radius 3 is 2.48 bits per heavy atom. The van der Waals surface area contributed by atoms with E-state index in [0.29, 0.717) is 12.2 Å². The molecule has 33 heavy (non-hydrogen) atoms. The number of imidazole rings is 1. The first-order valence-electron chi connectivity index (χ1n) is 11.4. The number of aromatic nitrogens is 2. The molecule has 170 valence electrons. The Kier molecular flexibility index (Phi) is 6.78. The molecule has 0 bridgehead atoms. The van der Waals surface area contributed by atoms with E-state index in [2.05, 4.69) is 35.0 Å². The minimum absolute atomic E-state index is 0.0821. The van der Waals surface area contributed by atoms with E-state index in [1.807, 2.05) is 69.3 Å². The van der Waals surface area contributed by atoms with Gasteiger partial charge in [0.25, 0.3) is 5.91 Å². The van der Waals surface area contributed by atoms with E-state index in [-0.39, 0.29) is 11.9 Å². The van der Waals surface area contributed by atoms with Gasteiger partial charge in [0.05, 0.1) is 23.7 Å². The van der Waals surface area contributed by atoms with Gasteiger partial charge in [-0.05, 0) is 70.0 Å². The standard InChI is InChI=1S/C28H31N3O2/c1-19-10-13-23(14-11-19)33-17-7-16-31-26-9-6-5-8-25(26)30-27(31)22(4)29-28(32)24-15-12-20(2)18-21(24)3/h5-6,8-15,18,22H,7,16-17H2,1-4H3,(H,29,32). The number of amides is 1. The Morgan fingerprint density at radius 2 is 1.73 bits per heavy atom. The smallest absolute Gasteiger partial charge is 0.252 e. The van der Waals surface area contributed by atoms with Crippen LogP contribution in [0.4, 0.5) is 0 Å². The van der Waals surface area contributed by atoms with E-state index in [1.165, 1.54) is 5.56 Å². The predicted octanol–water partition coefficient (Wildman–Crippen LogP) is 5.92. The van der Waals surface area contributed by atoms with Crippen molar-refractivity contribution < 1.29 is 9.53 Å². The largest absolute Gasteiger partial charge is 0.494 e. The predicted molar refractivity (Wildman–Crippen MR) is 133 cm³/mol. The zero-order valence-electron chi connectivity index (χ0n) is 19.8. The lowest BCUT2D eigenvalue weighted by Gasteiger charge is -2.17. The number of fused-ring (bicyclic) bond motifs is 1. The number of ether oxygens (including phenoxy) is 1. The quantitative estimate of drug-likeness (QED) is 0.345. The second kappa shape index (κ2) is 9.90. The number of carbonyl (C=O) groups is 1. The maximum absolute atomic E-state index is 13.0. The monoisotopic (exact) mass is 441 g/mol. The van der Waals surface area contributed by atoms with E-state index in [4.69, 9.17) is 9.72 Å². The normalized spacial score (nSPS) is 12.0. The van der Waals surface area contributed by atoms with Gasteiger partial charge in [0.1, 0.15) is 11.6 Å². The fourth-order valence-corrected chi connectivity index (χ4v) is 4.11. The molecule has 0 saturated carbocycles. The first-order valence-corrected chi connectivity index (χ1v) is 11.4. The third kappa shape index (κ3) is 5.25. The third-order valence-electron chi connectivity index (χ3n) is 5.86. The molecule has 1 unspecified atom stereocenters. The lowest BCUT2D eigenvalue weighted by molar-refractivity contribution is 0.0937. The lowest BCUT2D eigenvalue weighted by Crippen LogP contribution is -2.29. The number of nitrogens with one attached hydrogen (secondary N) is 1. The summed E-state index contributed by atoms with van der Waals surface area (Å²) in [6.07, 6.45) is 0.832. The molecule has 0 radical (unpaired) electrons. The summed E-state index contributed by atoms with van der Waals surface area (Å²) >= 11 is 0. The molecule has 4 aromatic rings. The number of rotatable bonds is 8. The number of hydrogen-bond donors (Lipinski definition) is 1. The zero-order chi connectivity index (χ0) is 23.4. The average Bonchev–Trinajstić information content (AvgIpc) is 3.16. The molecule has 5 nitrogen and oxygen atoms in total. The SMILES string of the molecule is Cc1ccc(OCCCn2c(C(C)NC(=O)c3ccc(C)cc3C)nc3ccccc32)cc1. The van der Waals surface area contributed by atoms with Gasteiger partial charge in [-0.3, -0.25) is 4.79 Å². The van der Waals surface area contributed by atoms with Crippen molar-refractivity contribution in [2.75, 3.05) is 6.61 Å². The van der Waals surface area contributed by atoms with E-state index >= 15 is 0 Å². The van der Waals surface area contributed by atoms with Gasteiger partial charge in [-0.2, -0.15) is 0 Å². The van der Waals surface area contributed by atoms with Gasteiger partial charge < -0.3 is 14.6 Å². The molecule has 0 spiro atoms. The van der Waals surface area contributed by atoms with Gasteiger partial charge in [0, 0.05) is 12.1 Å². The summed E-state index contributed by atoms with van der Waals surface area (Å²) in [5.74, 6) is 1.65. The van der Waals surface area contributed by atoms with E-state index in [9.17, 15) is 4.79 Å². The molecule has 4 rings (SSSR count). The summed E-state index contributed by atoms with van der Waals surface area (Å²) in [6.45, 7) is 9.42. The molecule has 1 N–H and O–H groups in total. The highest BCUT2D eigenvalue weighted by Crippen LogP contribution is 2.22. The summed E-state index contributed by atoms with van der Waals surface area (Å²) in [6, 6.07) is 21.8. The lowest BCUT2D eigenvalue weighted by atomic mass is 10.0. The van der Waals surface area contributed by atoms with Crippen LogP contribution >= 0.6 is 0 Å². The van der Waals surface area contributed by atoms with Crippen molar-refractivity contribution in [2.45, 2.75) is 46.7 Å². The Hall–Kier alpha value is -3.60. The van der Waals surface area contributed by atoms with Crippen molar-refractivity contribution in [2.24, 2.45) is 0 Å². The fraction of sp³-hybridized carbons (Fsp3) is 0.286. The molecule has 1 atom stereocenters. The Balaban J connectivity index is 1.49. The number of benzene rings is 3. The van der Waals surface area contributed by atoms with E-state index in [0.717, 1.165) is 46.7 Å². The minimum atomic E-state index is -0.233. The van der Waals surface area contributed by atoms with Crippen LogP contribution in [0.25, 0.3) is 11.0 Å². The van der Waals surface area contributed by atoms with Gasteiger partial charge in [-0.25, -0.2) is 4.98 Å². The highest BCUT2D eigenvalue weighted by atomic mass is 16.5. The molecular formula is C28H31N3O2. The maximum Gasteiger partial charge on any atom is 0.252 e. The molecule has 1 amide bonds. The van der Waals surface area contributed by atoms with Gasteiger partial charge in [0.15, 0.2) is 0 Å². The molecular weight excluding hydrogens is 410 g/mol. The highest BCUT2D eigenvalue weighted by Gasteiger charge is 2.19. The highest BCUT2D eigenvalue weighted by molar-refractivity contribution is 5.96. The number of nitrogens with zero attached hydrogens (tertiary/aromatic N) is 2. The van der Waals surface area contributed by atoms with Crippen molar-refractivity contribution in [3.8, 4) is 5.75 Å². The summed E-state index contributed by atoms with van der Waals surface area (Å²) in [5.41, 5.74) is 6.03. The summed E-state index contributed by atoms with van der Waals surface area (Å²) in [7, 11) is 0. The van der Waals surface area contributed by atoms with Gasteiger partial charge >= 0.3 is 0 Å². The molecule has 0 aliphatic carbocycles. The zero-order valence-corrected chi connectivity index (χ0v) is 19.8. The molecule has 0 saturated heterocycles. The fourth-order valence-electron chi connectivity index (χ4n) is 4.11. The first kappa shape index (κ1) is 22.6. The van der Waals surface area contributed by atoms with Gasteiger partial charge in [0.2, 0.25) is 0 Å². The molecule has 1 aromatic heterocycles. The van der Waals surface area contributed by atoms with Crippen molar-refractivity contribution >= 4 is 16.9 Å². The van der Waals surface area contributed by atoms with Crippen LogP contribution in [0, 0.1) is 20.8 Å². The second-order valence-electron chi connectivity index (χ2n) is 8.64. The van der Waals surface area contributed by atoms with Crippen molar-refractivity contribution in [1.82, 2.24) is 14.9 Å². The molecule has 0 aliphatic rings. The number of aryl methyl sites for hydroxylation is 4. The topological polar surface area (TPSA) is 56.1 Å². The maximum atomic E-state index is 13.0. The van der Waals surface area contributed by atoms with Gasteiger partial charge in [-0.1, -0.05) is 47.5 Å². The summed E-state index contributed by atoms with van der Waals surface area (Å²) < 4.78 is 8.11. The summed E-state index contributed by atoms with van der Waals surface area (Å²) in [5, 5.41) is 3.14. The number of para-hydroxylation sites is 2. The van der Waals surface area contributed by atoms with Crippen LogP contribution in [-0.4, -0.2) is 22.1 Å². The number of hydrogen-bond acceptors (Lipinski definition) is 3. The van der Waals surface area contributed by atoms with Crippen LogP contribution in [0.15, 0.2) is 66.7 Å². The van der Waals surface area contributed by atoms with E-state index < -0.39 is 0 Å². The minimum Gasteiger partial charge on any atom is -0.494 e. The average molecular weight is 442 g/mol. The molecule has 1 heterocycles. The van der Waals surface area contributed by atoms with E-state index in [1.54, 1.807) is 0 Å².